The van der Waals surface area contributed by atoms with Crippen LogP contribution in [0, 0.1) is 11.7 Å². The topological polar surface area (TPSA) is 128 Å². The summed E-state index contributed by atoms with van der Waals surface area (Å²) in [7, 11) is -4.30. The fourth-order valence-corrected chi connectivity index (χ4v) is 5.68. The number of sulfonamides is 1. The Bertz CT molecular complexity index is 1490. The Morgan fingerprint density at radius 2 is 1.95 bits per heavy atom. The number of rotatable bonds is 8. The second-order valence-corrected chi connectivity index (χ2v) is 12.5. The normalized spacial score (nSPS) is 16.9. The first kappa shape index (κ1) is 28.3. The molecule has 0 bridgehead atoms. The molecule has 1 fully saturated rings. The molecule has 0 unspecified atom stereocenters. The number of pyridine rings is 2. The van der Waals surface area contributed by atoms with Crippen LogP contribution in [0.3, 0.4) is 0 Å². The molecule has 0 spiro atoms. The first-order chi connectivity index (χ1) is 18.3. The smallest absolute Gasteiger partial charge is 0.281 e. The lowest BCUT2D eigenvalue weighted by molar-refractivity contribution is 0.0981. The van der Waals surface area contributed by atoms with Crippen LogP contribution in [0.4, 0.5) is 16.0 Å². The molecule has 1 atom stereocenters. The van der Waals surface area contributed by atoms with E-state index in [0.717, 1.165) is 12.8 Å². The standard InChI is InChI=1S/C28H34FN5O4S/c1-17(2)16-38-21-14-19(13-20(29)15-21)23-10-9-22(26(31-23)34-18(3)11-12-28(34,4)5)27(35)33-39(36,37)25-8-6-7-24(30)32-25/h6-10,13-15,17-18H,11-12,16H2,1-5H3,(H2,30,32)(H,33,35)/t18-/m1/s1. The molecule has 39 heavy (non-hydrogen) atoms. The number of amides is 1. The van der Waals surface area contributed by atoms with Crippen molar-refractivity contribution in [1.29, 1.82) is 0 Å². The van der Waals surface area contributed by atoms with Gasteiger partial charge in [0.2, 0.25) is 0 Å². The highest BCUT2D eigenvalue weighted by Crippen LogP contribution is 2.39. The van der Waals surface area contributed by atoms with Crippen molar-refractivity contribution in [3.8, 4) is 17.0 Å². The van der Waals surface area contributed by atoms with Crippen LogP contribution in [0.2, 0.25) is 0 Å². The van der Waals surface area contributed by atoms with Gasteiger partial charge in [0.25, 0.3) is 15.9 Å². The van der Waals surface area contributed by atoms with Crippen LogP contribution in [-0.4, -0.2) is 42.5 Å². The predicted molar refractivity (Wildman–Crippen MR) is 149 cm³/mol. The van der Waals surface area contributed by atoms with E-state index >= 15 is 0 Å². The number of anilines is 2. The van der Waals surface area contributed by atoms with Gasteiger partial charge < -0.3 is 15.4 Å². The van der Waals surface area contributed by atoms with Crippen LogP contribution >= 0.6 is 0 Å². The minimum absolute atomic E-state index is 0.0107. The molecule has 3 heterocycles. The van der Waals surface area contributed by atoms with Crippen LogP contribution in [-0.2, 0) is 10.0 Å². The van der Waals surface area contributed by atoms with Crippen LogP contribution in [0.15, 0.2) is 53.6 Å². The van der Waals surface area contributed by atoms with E-state index in [1.807, 2.05) is 39.5 Å². The second-order valence-electron chi connectivity index (χ2n) is 10.9. The minimum Gasteiger partial charge on any atom is -0.493 e. The van der Waals surface area contributed by atoms with E-state index in [1.54, 1.807) is 12.1 Å². The van der Waals surface area contributed by atoms with Crippen molar-refractivity contribution in [2.75, 3.05) is 17.2 Å². The molecule has 2 aromatic heterocycles. The summed E-state index contributed by atoms with van der Waals surface area (Å²) in [5, 5.41) is -0.370. The third-order valence-electron chi connectivity index (χ3n) is 6.61. The van der Waals surface area contributed by atoms with Crippen molar-refractivity contribution in [2.24, 2.45) is 5.92 Å². The van der Waals surface area contributed by atoms with E-state index in [9.17, 15) is 17.6 Å². The summed E-state index contributed by atoms with van der Waals surface area (Å²) in [6, 6.07) is 11.6. The number of carbonyl (C=O) groups excluding carboxylic acids is 1. The third kappa shape index (κ3) is 6.30. The number of nitrogens with one attached hydrogen (secondary N) is 1. The van der Waals surface area contributed by atoms with Gasteiger partial charge in [0.1, 0.15) is 23.2 Å². The minimum atomic E-state index is -4.30. The lowest BCUT2D eigenvalue weighted by Gasteiger charge is -2.37. The molecule has 1 saturated heterocycles. The molecule has 0 aliphatic carbocycles. The number of nitrogens with two attached hydrogens (primary N) is 1. The number of hydrogen-bond acceptors (Lipinski definition) is 8. The zero-order valence-corrected chi connectivity index (χ0v) is 23.5. The summed E-state index contributed by atoms with van der Waals surface area (Å²) in [6.07, 6.45) is 1.71. The van der Waals surface area contributed by atoms with Crippen molar-refractivity contribution in [1.82, 2.24) is 14.7 Å². The largest absolute Gasteiger partial charge is 0.493 e. The molecule has 9 nitrogen and oxygen atoms in total. The van der Waals surface area contributed by atoms with E-state index < -0.39 is 21.7 Å². The molecular weight excluding hydrogens is 521 g/mol. The fourth-order valence-electron chi connectivity index (χ4n) is 4.74. The van der Waals surface area contributed by atoms with Crippen LogP contribution in [0.5, 0.6) is 5.75 Å². The summed E-state index contributed by atoms with van der Waals surface area (Å²) in [5.74, 6) is -0.382. The Hall–Kier alpha value is -3.73. The van der Waals surface area contributed by atoms with Crippen LogP contribution in [0.1, 0.15) is 57.8 Å². The summed E-state index contributed by atoms with van der Waals surface area (Å²) >= 11 is 0. The predicted octanol–water partition coefficient (Wildman–Crippen LogP) is 4.79. The van der Waals surface area contributed by atoms with Gasteiger partial charge in [-0.3, -0.25) is 4.79 Å². The number of aromatic nitrogens is 2. The van der Waals surface area contributed by atoms with E-state index in [0.29, 0.717) is 29.4 Å². The van der Waals surface area contributed by atoms with Gasteiger partial charge in [0.15, 0.2) is 5.03 Å². The molecule has 0 saturated carbocycles. The van der Waals surface area contributed by atoms with Gasteiger partial charge in [-0.05, 0) is 75.9 Å². The summed E-state index contributed by atoms with van der Waals surface area (Å²) < 4.78 is 48.2. The number of nitrogen functional groups attached to an aromatic ring is 1. The van der Waals surface area contributed by atoms with Gasteiger partial charge in [0, 0.05) is 23.2 Å². The highest BCUT2D eigenvalue weighted by atomic mass is 32.2. The number of halogens is 1. The van der Waals surface area contributed by atoms with Crippen molar-refractivity contribution in [3.05, 3.63) is 59.9 Å². The Labute approximate surface area is 228 Å². The number of nitrogens with zero attached hydrogens (tertiary/aromatic N) is 3. The Kier molecular flexibility index (Phi) is 7.83. The van der Waals surface area contributed by atoms with Gasteiger partial charge in [-0.2, -0.15) is 8.42 Å². The van der Waals surface area contributed by atoms with Gasteiger partial charge >= 0.3 is 0 Å². The first-order valence-corrected chi connectivity index (χ1v) is 14.3. The van der Waals surface area contributed by atoms with Crippen LogP contribution < -0.4 is 20.1 Å². The molecule has 1 amide bonds. The zero-order chi connectivity index (χ0) is 28.5. The molecule has 208 valence electrons. The van der Waals surface area contributed by atoms with E-state index in [-0.39, 0.29) is 33.9 Å². The molecule has 1 aromatic carbocycles. The molecule has 0 radical (unpaired) electrons. The average molecular weight is 556 g/mol. The quantitative estimate of drug-likeness (QED) is 0.406. The Morgan fingerprint density at radius 3 is 2.59 bits per heavy atom. The fraction of sp³-hybridized carbons (Fsp3) is 0.393. The monoisotopic (exact) mass is 555 g/mol. The van der Waals surface area contributed by atoms with Gasteiger partial charge in [0.05, 0.1) is 17.9 Å². The van der Waals surface area contributed by atoms with Crippen molar-refractivity contribution in [3.63, 3.8) is 0 Å². The van der Waals surface area contributed by atoms with Gasteiger partial charge in [-0.25, -0.2) is 19.1 Å². The molecule has 1 aliphatic heterocycles. The number of carbonyl (C=O) groups is 1. The molecule has 4 rings (SSSR count). The number of hydrogen-bond donors (Lipinski definition) is 2. The lowest BCUT2D eigenvalue weighted by Crippen LogP contribution is -2.44. The van der Waals surface area contributed by atoms with Crippen molar-refractivity contribution >= 4 is 27.6 Å². The highest BCUT2D eigenvalue weighted by Gasteiger charge is 2.40. The summed E-state index contributed by atoms with van der Waals surface area (Å²) in [5.41, 5.74) is 6.24. The van der Waals surface area contributed by atoms with Crippen LogP contribution in [0.25, 0.3) is 11.3 Å². The van der Waals surface area contributed by atoms with E-state index in [4.69, 9.17) is 15.5 Å². The summed E-state index contributed by atoms with van der Waals surface area (Å²) in [4.78, 5) is 24.1. The zero-order valence-electron chi connectivity index (χ0n) is 22.7. The van der Waals surface area contributed by atoms with Crippen molar-refractivity contribution in [2.45, 2.75) is 64.1 Å². The lowest BCUT2D eigenvalue weighted by atomic mass is 10.0. The maximum atomic E-state index is 14.5. The maximum Gasteiger partial charge on any atom is 0.281 e. The summed E-state index contributed by atoms with van der Waals surface area (Å²) in [6.45, 7) is 10.5. The molecule has 3 aromatic rings. The van der Waals surface area contributed by atoms with Crippen molar-refractivity contribution < 1.29 is 22.3 Å². The van der Waals surface area contributed by atoms with E-state index in [1.165, 1.54) is 36.4 Å². The molecule has 1 aliphatic rings. The Balaban J connectivity index is 1.78. The average Bonchev–Trinajstić information content (AvgIpc) is 3.13. The SMILES string of the molecule is CC(C)COc1cc(F)cc(-c2ccc(C(=O)NS(=O)(=O)c3cccc(N)n3)c(N3[C@H](C)CCC3(C)C)n2)c1. The second kappa shape index (κ2) is 10.8. The molecular formula is C28H34FN5O4S. The van der Waals surface area contributed by atoms with Gasteiger partial charge in [-0.1, -0.05) is 19.9 Å². The Morgan fingerprint density at radius 1 is 1.21 bits per heavy atom. The highest BCUT2D eigenvalue weighted by molar-refractivity contribution is 7.90. The number of benzene rings is 1. The van der Waals surface area contributed by atoms with E-state index in [2.05, 4.69) is 9.71 Å². The molecule has 11 heteroatoms. The molecule has 3 N–H and O–H groups in total. The van der Waals surface area contributed by atoms with Gasteiger partial charge in [-0.15, -0.1) is 0 Å². The number of ether oxygens (including phenoxy) is 1. The maximum absolute atomic E-state index is 14.5. The first-order valence-electron chi connectivity index (χ1n) is 12.8. The third-order valence-corrected chi connectivity index (χ3v) is 7.84.